The maximum atomic E-state index is 13.5. The number of hydrogen-bond donors (Lipinski definition) is 1. The smallest absolute Gasteiger partial charge is 0.340 e. The zero-order valence-corrected chi connectivity index (χ0v) is 16.4. The van der Waals surface area contributed by atoms with Gasteiger partial charge in [0.05, 0.1) is 29.4 Å². The number of sulfonamides is 1. The number of morpholine rings is 1. The van der Waals surface area contributed by atoms with Gasteiger partial charge in [0.15, 0.2) is 11.6 Å². The molecule has 3 rings (SSSR count). The third-order valence-electron chi connectivity index (χ3n) is 4.28. The highest BCUT2D eigenvalue weighted by Gasteiger charge is 2.22. The van der Waals surface area contributed by atoms with Crippen LogP contribution in [0.15, 0.2) is 47.4 Å². The summed E-state index contributed by atoms with van der Waals surface area (Å²) in [6, 6.07) is 9.94. The molecule has 10 heteroatoms. The number of nitrogens with two attached hydrogens (primary N) is 1. The number of para-hydroxylation sites is 1. The molecule has 0 spiro atoms. The molecule has 0 aliphatic carbocycles. The van der Waals surface area contributed by atoms with Crippen LogP contribution in [0.4, 0.5) is 10.1 Å². The van der Waals surface area contributed by atoms with E-state index >= 15 is 0 Å². The van der Waals surface area contributed by atoms with Gasteiger partial charge in [0.25, 0.3) is 0 Å². The molecule has 0 aromatic heterocycles. The van der Waals surface area contributed by atoms with Gasteiger partial charge in [-0.25, -0.2) is 22.7 Å². The van der Waals surface area contributed by atoms with Crippen molar-refractivity contribution in [2.45, 2.75) is 4.90 Å². The normalized spacial score (nSPS) is 14.5. The summed E-state index contributed by atoms with van der Waals surface area (Å²) < 4.78 is 52.7. The lowest BCUT2D eigenvalue weighted by atomic mass is 10.1. The summed E-state index contributed by atoms with van der Waals surface area (Å²) in [4.78, 5) is 14.3. The number of primary sulfonamides is 1. The number of carbonyl (C=O) groups excluding carboxylic acids is 1. The van der Waals surface area contributed by atoms with Crippen LogP contribution in [0.1, 0.15) is 10.4 Å². The first-order chi connectivity index (χ1) is 13.9. The summed E-state index contributed by atoms with van der Waals surface area (Å²) in [7, 11) is -3.99. The van der Waals surface area contributed by atoms with E-state index in [0.717, 1.165) is 0 Å². The zero-order chi connectivity index (χ0) is 20.9. The van der Waals surface area contributed by atoms with E-state index in [1.165, 1.54) is 36.4 Å². The molecule has 0 saturated carbocycles. The van der Waals surface area contributed by atoms with Crippen molar-refractivity contribution in [2.24, 2.45) is 5.14 Å². The molecule has 29 heavy (non-hydrogen) atoms. The van der Waals surface area contributed by atoms with Gasteiger partial charge < -0.3 is 19.1 Å². The van der Waals surface area contributed by atoms with Crippen LogP contribution in [0.25, 0.3) is 0 Å². The number of benzene rings is 2. The third kappa shape index (κ3) is 5.43. The Morgan fingerprint density at radius 2 is 1.86 bits per heavy atom. The molecular formula is C19H21FN2O6S. The lowest BCUT2D eigenvalue weighted by Gasteiger charge is -2.30. The summed E-state index contributed by atoms with van der Waals surface area (Å²) in [5, 5.41) is 5.19. The largest absolute Gasteiger partial charge is 0.487 e. The molecule has 0 unspecified atom stereocenters. The maximum Gasteiger partial charge on any atom is 0.340 e. The Kier molecular flexibility index (Phi) is 6.68. The quantitative estimate of drug-likeness (QED) is 0.531. The van der Waals surface area contributed by atoms with E-state index in [4.69, 9.17) is 19.3 Å². The molecule has 0 atom stereocenters. The number of anilines is 1. The summed E-state index contributed by atoms with van der Waals surface area (Å²) in [5.41, 5.74) is 0.602. The number of rotatable bonds is 7. The van der Waals surface area contributed by atoms with Crippen molar-refractivity contribution < 1.29 is 31.8 Å². The van der Waals surface area contributed by atoms with Crippen LogP contribution in [0, 0.1) is 5.82 Å². The molecule has 1 heterocycles. The van der Waals surface area contributed by atoms with E-state index in [1.807, 2.05) is 4.90 Å². The predicted octanol–water partition coefficient (Wildman–Crippen LogP) is 1.55. The van der Waals surface area contributed by atoms with Gasteiger partial charge in [-0.1, -0.05) is 12.1 Å². The highest BCUT2D eigenvalue weighted by molar-refractivity contribution is 7.89. The van der Waals surface area contributed by atoms with Crippen molar-refractivity contribution in [1.82, 2.24) is 0 Å². The molecule has 1 saturated heterocycles. The SMILES string of the molecule is NS(=O)(=O)c1ccc(N2CCOCC2)c(C(=O)OCCOc2ccccc2F)c1. The van der Waals surface area contributed by atoms with Gasteiger partial charge in [0, 0.05) is 13.1 Å². The number of nitrogens with zero attached hydrogens (tertiary/aromatic N) is 1. The molecular weight excluding hydrogens is 403 g/mol. The van der Waals surface area contributed by atoms with Gasteiger partial charge in [-0.2, -0.15) is 0 Å². The number of carbonyl (C=O) groups is 1. The van der Waals surface area contributed by atoms with Crippen molar-refractivity contribution in [2.75, 3.05) is 44.4 Å². The van der Waals surface area contributed by atoms with Crippen molar-refractivity contribution in [3.63, 3.8) is 0 Å². The molecule has 2 aromatic rings. The Morgan fingerprint density at radius 3 is 2.55 bits per heavy atom. The molecule has 156 valence electrons. The molecule has 8 nitrogen and oxygen atoms in total. The third-order valence-corrected chi connectivity index (χ3v) is 5.19. The molecule has 2 aromatic carbocycles. The van der Waals surface area contributed by atoms with E-state index < -0.39 is 21.8 Å². The van der Waals surface area contributed by atoms with Crippen molar-refractivity contribution in [3.8, 4) is 5.75 Å². The summed E-state index contributed by atoms with van der Waals surface area (Å²) in [5.74, 6) is -1.20. The highest BCUT2D eigenvalue weighted by Crippen LogP contribution is 2.25. The fraction of sp³-hybridized carbons (Fsp3) is 0.316. The van der Waals surface area contributed by atoms with Crippen molar-refractivity contribution in [3.05, 3.63) is 53.8 Å². The van der Waals surface area contributed by atoms with E-state index in [-0.39, 0.29) is 29.4 Å². The number of halogens is 1. The zero-order valence-electron chi connectivity index (χ0n) is 15.5. The van der Waals surface area contributed by atoms with E-state index in [2.05, 4.69) is 0 Å². The molecule has 0 radical (unpaired) electrons. The first kappa shape index (κ1) is 21.0. The number of esters is 1. The van der Waals surface area contributed by atoms with E-state index in [9.17, 15) is 17.6 Å². The molecule has 1 aliphatic rings. The standard InChI is InChI=1S/C19H21FN2O6S/c20-16-3-1-2-4-18(16)27-11-12-28-19(23)15-13-14(29(21,24)25)5-6-17(15)22-7-9-26-10-8-22/h1-6,13H,7-12H2,(H2,21,24,25). The van der Waals surface area contributed by atoms with Crippen LogP contribution in [-0.2, 0) is 19.5 Å². The Labute approximate surface area is 168 Å². The second kappa shape index (κ2) is 9.21. The molecule has 1 aliphatic heterocycles. The van der Waals surface area contributed by atoms with Gasteiger partial charge in [-0.3, -0.25) is 0 Å². The van der Waals surface area contributed by atoms with Crippen LogP contribution >= 0.6 is 0 Å². The Hall–Kier alpha value is -2.69. The van der Waals surface area contributed by atoms with Crippen LogP contribution in [-0.4, -0.2) is 53.9 Å². The average Bonchev–Trinajstić information content (AvgIpc) is 2.72. The van der Waals surface area contributed by atoms with Crippen LogP contribution in [0.3, 0.4) is 0 Å². The predicted molar refractivity (Wildman–Crippen MR) is 103 cm³/mol. The van der Waals surface area contributed by atoms with Crippen molar-refractivity contribution >= 4 is 21.7 Å². The summed E-state index contributed by atoms with van der Waals surface area (Å²) >= 11 is 0. The van der Waals surface area contributed by atoms with Gasteiger partial charge in [-0.15, -0.1) is 0 Å². The fourth-order valence-electron chi connectivity index (χ4n) is 2.86. The Bertz CT molecular complexity index is 976. The number of ether oxygens (including phenoxy) is 3. The highest BCUT2D eigenvalue weighted by atomic mass is 32.2. The first-order valence-electron chi connectivity index (χ1n) is 8.90. The minimum absolute atomic E-state index is 0.0498. The number of hydrogen-bond acceptors (Lipinski definition) is 7. The Morgan fingerprint density at radius 1 is 1.14 bits per heavy atom. The van der Waals surface area contributed by atoms with Crippen LogP contribution in [0.5, 0.6) is 5.75 Å². The Balaban J connectivity index is 1.72. The van der Waals surface area contributed by atoms with Gasteiger partial charge in [0.1, 0.15) is 13.2 Å². The minimum Gasteiger partial charge on any atom is -0.487 e. The monoisotopic (exact) mass is 424 g/mol. The average molecular weight is 424 g/mol. The van der Waals surface area contributed by atoms with Crippen LogP contribution in [0.2, 0.25) is 0 Å². The second-order valence-electron chi connectivity index (χ2n) is 6.24. The fourth-order valence-corrected chi connectivity index (χ4v) is 3.40. The second-order valence-corrected chi connectivity index (χ2v) is 7.80. The maximum absolute atomic E-state index is 13.5. The molecule has 0 bridgehead atoms. The molecule has 0 amide bonds. The van der Waals surface area contributed by atoms with Gasteiger partial charge in [0.2, 0.25) is 10.0 Å². The lowest BCUT2D eigenvalue weighted by molar-refractivity contribution is 0.0448. The van der Waals surface area contributed by atoms with Gasteiger partial charge >= 0.3 is 5.97 Å². The topological polar surface area (TPSA) is 108 Å². The molecule has 1 fully saturated rings. The summed E-state index contributed by atoms with van der Waals surface area (Å²) in [6.45, 7) is 1.87. The summed E-state index contributed by atoms with van der Waals surface area (Å²) in [6.07, 6.45) is 0. The minimum atomic E-state index is -3.99. The van der Waals surface area contributed by atoms with Crippen LogP contribution < -0.4 is 14.8 Å². The van der Waals surface area contributed by atoms with Gasteiger partial charge in [-0.05, 0) is 30.3 Å². The van der Waals surface area contributed by atoms with E-state index in [0.29, 0.717) is 32.0 Å². The van der Waals surface area contributed by atoms with Crippen molar-refractivity contribution in [1.29, 1.82) is 0 Å². The van der Waals surface area contributed by atoms with E-state index in [1.54, 1.807) is 6.07 Å². The lowest BCUT2D eigenvalue weighted by Crippen LogP contribution is -2.37. The molecule has 2 N–H and O–H groups in total. The first-order valence-corrected chi connectivity index (χ1v) is 10.4.